The van der Waals surface area contributed by atoms with Crippen LogP contribution >= 0.6 is 0 Å². The molecule has 1 fully saturated rings. The van der Waals surface area contributed by atoms with Crippen molar-refractivity contribution in [2.45, 2.75) is 12.5 Å². The molecule has 2 heterocycles. The maximum Gasteiger partial charge on any atom is 0.233 e. The summed E-state index contributed by atoms with van der Waals surface area (Å²) in [6.45, 7) is 1.86. The van der Waals surface area contributed by atoms with Gasteiger partial charge in [0.15, 0.2) is 0 Å². The number of nitrogens with one attached hydrogen (secondary N) is 1. The lowest BCUT2D eigenvalue weighted by Crippen LogP contribution is -2.20. The highest BCUT2D eigenvalue weighted by Crippen LogP contribution is 2.10. The fourth-order valence-electron chi connectivity index (χ4n) is 1.37. The Morgan fingerprint density at radius 2 is 2.50 bits per heavy atom. The highest BCUT2D eigenvalue weighted by molar-refractivity contribution is 5.23. The molecule has 4 heteroatoms. The van der Waals surface area contributed by atoms with E-state index in [9.17, 15) is 0 Å². The van der Waals surface area contributed by atoms with E-state index in [1.807, 2.05) is 0 Å². The van der Waals surface area contributed by atoms with Gasteiger partial charge in [-0.15, -0.1) is 6.42 Å². The first-order chi connectivity index (χ1) is 6.88. The van der Waals surface area contributed by atoms with E-state index in [-0.39, 0.29) is 6.10 Å². The van der Waals surface area contributed by atoms with Crippen molar-refractivity contribution in [1.29, 1.82) is 0 Å². The lowest BCUT2D eigenvalue weighted by molar-refractivity contribution is 0.213. The van der Waals surface area contributed by atoms with Gasteiger partial charge in [0.1, 0.15) is 11.8 Å². The monoisotopic (exact) mass is 189 g/mol. The summed E-state index contributed by atoms with van der Waals surface area (Å²) in [5, 5.41) is 3.21. The molecule has 1 aliphatic rings. The molecule has 1 aliphatic heterocycles. The smallest absolute Gasteiger partial charge is 0.233 e. The number of aromatic nitrogens is 2. The van der Waals surface area contributed by atoms with Crippen LogP contribution in [0.3, 0.4) is 0 Å². The predicted octanol–water partition coefficient (Wildman–Crippen LogP) is 0.199. The second-order valence-electron chi connectivity index (χ2n) is 3.12. The highest BCUT2D eigenvalue weighted by atomic mass is 16.5. The van der Waals surface area contributed by atoms with Crippen LogP contribution in [0.4, 0.5) is 0 Å². The Bertz CT molecular complexity index is 353. The van der Waals surface area contributed by atoms with Gasteiger partial charge < -0.3 is 10.1 Å². The Balaban J connectivity index is 2.05. The summed E-state index contributed by atoms with van der Waals surface area (Å²) in [5.74, 6) is 2.93. The van der Waals surface area contributed by atoms with Crippen LogP contribution in [0.15, 0.2) is 12.4 Å². The molecule has 1 N–H and O–H groups in total. The highest BCUT2D eigenvalue weighted by Gasteiger charge is 2.16. The fourth-order valence-corrected chi connectivity index (χ4v) is 1.37. The summed E-state index contributed by atoms with van der Waals surface area (Å²) < 4.78 is 5.59. The molecule has 2 rings (SSSR count). The summed E-state index contributed by atoms with van der Waals surface area (Å²) >= 11 is 0. The molecule has 0 amide bonds. The number of nitrogens with zero attached hydrogens (tertiary/aromatic N) is 2. The van der Waals surface area contributed by atoms with E-state index in [0.29, 0.717) is 11.6 Å². The van der Waals surface area contributed by atoms with E-state index in [1.54, 1.807) is 12.4 Å². The predicted molar refractivity (Wildman–Crippen MR) is 51.9 cm³/mol. The van der Waals surface area contributed by atoms with Crippen LogP contribution < -0.4 is 10.1 Å². The minimum atomic E-state index is 0.192. The molecule has 14 heavy (non-hydrogen) atoms. The number of terminal acetylenes is 1. The molecule has 4 nitrogen and oxygen atoms in total. The maximum atomic E-state index is 5.59. The van der Waals surface area contributed by atoms with Crippen LogP contribution in [0.5, 0.6) is 5.88 Å². The van der Waals surface area contributed by atoms with Crippen LogP contribution in [0, 0.1) is 12.3 Å². The third-order valence-electron chi connectivity index (χ3n) is 2.06. The van der Waals surface area contributed by atoms with Gasteiger partial charge in [-0.2, -0.15) is 0 Å². The van der Waals surface area contributed by atoms with Crippen LogP contribution in [0.1, 0.15) is 12.1 Å². The fraction of sp³-hybridized carbons (Fsp3) is 0.400. The summed E-state index contributed by atoms with van der Waals surface area (Å²) in [5.41, 5.74) is 0.508. The van der Waals surface area contributed by atoms with Crippen molar-refractivity contribution in [3.05, 3.63) is 18.1 Å². The molecule has 0 aliphatic carbocycles. The number of ether oxygens (including phenoxy) is 1. The van der Waals surface area contributed by atoms with Crippen LogP contribution in [-0.2, 0) is 0 Å². The van der Waals surface area contributed by atoms with E-state index >= 15 is 0 Å². The zero-order valence-corrected chi connectivity index (χ0v) is 7.73. The Hall–Kier alpha value is -1.60. The van der Waals surface area contributed by atoms with Crippen LogP contribution in [0.2, 0.25) is 0 Å². The molecule has 1 saturated heterocycles. The van der Waals surface area contributed by atoms with Crippen molar-refractivity contribution >= 4 is 0 Å². The third-order valence-corrected chi connectivity index (χ3v) is 2.06. The molecule has 1 aromatic rings. The van der Waals surface area contributed by atoms with E-state index in [4.69, 9.17) is 11.2 Å². The van der Waals surface area contributed by atoms with Gasteiger partial charge in [-0.1, -0.05) is 0 Å². The topological polar surface area (TPSA) is 47.0 Å². The average Bonchev–Trinajstić information content (AvgIpc) is 2.71. The summed E-state index contributed by atoms with van der Waals surface area (Å²) in [4.78, 5) is 8.05. The molecule has 0 aromatic carbocycles. The van der Waals surface area contributed by atoms with Gasteiger partial charge in [-0.25, -0.2) is 4.98 Å². The third kappa shape index (κ3) is 2.01. The number of rotatable bonds is 2. The van der Waals surface area contributed by atoms with Gasteiger partial charge in [-0.3, -0.25) is 4.98 Å². The molecule has 0 saturated carbocycles. The minimum absolute atomic E-state index is 0.192. The normalized spacial score (nSPS) is 20.4. The first kappa shape index (κ1) is 8.97. The van der Waals surface area contributed by atoms with Crippen molar-refractivity contribution in [2.75, 3.05) is 13.1 Å². The molecule has 1 unspecified atom stereocenters. The lowest BCUT2D eigenvalue weighted by Gasteiger charge is -2.10. The Kier molecular flexibility index (Phi) is 2.61. The summed E-state index contributed by atoms with van der Waals surface area (Å²) in [6, 6.07) is 0. The van der Waals surface area contributed by atoms with Gasteiger partial charge in [-0.05, 0) is 18.9 Å². The van der Waals surface area contributed by atoms with Gasteiger partial charge >= 0.3 is 0 Å². The van der Waals surface area contributed by atoms with Crippen molar-refractivity contribution in [2.24, 2.45) is 0 Å². The lowest BCUT2D eigenvalue weighted by atomic mass is 10.3. The molecule has 72 valence electrons. The molecular weight excluding hydrogens is 178 g/mol. The second kappa shape index (κ2) is 4.07. The zero-order valence-electron chi connectivity index (χ0n) is 7.73. The Morgan fingerprint density at radius 1 is 1.57 bits per heavy atom. The molecule has 0 bridgehead atoms. The minimum Gasteiger partial charge on any atom is -0.472 e. The van der Waals surface area contributed by atoms with Gasteiger partial charge in [0, 0.05) is 6.54 Å². The second-order valence-corrected chi connectivity index (χ2v) is 3.12. The van der Waals surface area contributed by atoms with E-state index in [0.717, 1.165) is 19.5 Å². The van der Waals surface area contributed by atoms with Crippen molar-refractivity contribution in [3.8, 4) is 18.2 Å². The van der Waals surface area contributed by atoms with E-state index in [1.165, 1.54) is 0 Å². The number of hydrogen-bond acceptors (Lipinski definition) is 4. The molecule has 1 atom stereocenters. The molecule has 0 spiro atoms. The summed E-state index contributed by atoms with van der Waals surface area (Å²) in [7, 11) is 0. The Labute approximate surface area is 82.7 Å². The first-order valence-electron chi connectivity index (χ1n) is 4.54. The van der Waals surface area contributed by atoms with Gasteiger partial charge in [0.25, 0.3) is 0 Å². The van der Waals surface area contributed by atoms with Crippen molar-refractivity contribution in [1.82, 2.24) is 15.3 Å². The standard InChI is InChI=1S/C10H11N3O/c1-2-8-5-12-7-10(13-8)14-9-3-4-11-6-9/h1,5,7,9,11H,3-4,6H2. The maximum absolute atomic E-state index is 5.59. The summed E-state index contributed by atoms with van der Waals surface area (Å²) in [6.07, 6.45) is 9.52. The van der Waals surface area contributed by atoms with Crippen molar-refractivity contribution in [3.63, 3.8) is 0 Å². The SMILES string of the molecule is C#Cc1cncc(OC2CCNC2)n1. The van der Waals surface area contributed by atoms with Gasteiger partial charge in [0.2, 0.25) is 5.88 Å². The molecule has 0 radical (unpaired) electrons. The van der Waals surface area contributed by atoms with Gasteiger partial charge in [0.05, 0.1) is 12.4 Å². The first-order valence-corrected chi connectivity index (χ1v) is 4.54. The van der Waals surface area contributed by atoms with E-state index in [2.05, 4.69) is 21.2 Å². The van der Waals surface area contributed by atoms with E-state index < -0.39 is 0 Å². The zero-order chi connectivity index (χ0) is 9.80. The molecular formula is C10H11N3O. The van der Waals surface area contributed by atoms with Crippen molar-refractivity contribution < 1.29 is 4.74 Å². The van der Waals surface area contributed by atoms with Crippen LogP contribution in [-0.4, -0.2) is 29.2 Å². The average molecular weight is 189 g/mol. The van der Waals surface area contributed by atoms with Crippen LogP contribution in [0.25, 0.3) is 0 Å². The Morgan fingerprint density at radius 3 is 3.21 bits per heavy atom. The number of hydrogen-bond donors (Lipinski definition) is 1. The largest absolute Gasteiger partial charge is 0.472 e. The quantitative estimate of drug-likeness (QED) is 0.675. The molecule has 1 aromatic heterocycles.